The Labute approximate surface area is 102 Å². The number of aryl methyl sites for hydroxylation is 2. The molecule has 0 aliphatic carbocycles. The van der Waals surface area contributed by atoms with Gasteiger partial charge in [0.15, 0.2) is 6.10 Å². The summed E-state index contributed by atoms with van der Waals surface area (Å²) in [7, 11) is 1.56. The standard InChI is InChI=1S/C13H19NO3/c1-9-4-5-11(10(2)8-9)12(15)13(16)14-6-7-17-3/h4-5,8,12,15H,6-7H2,1-3H3,(H,14,16). The molecule has 4 heteroatoms. The number of carbonyl (C=O) groups is 1. The van der Waals surface area contributed by atoms with Gasteiger partial charge >= 0.3 is 0 Å². The molecule has 94 valence electrons. The molecular weight excluding hydrogens is 218 g/mol. The van der Waals surface area contributed by atoms with Crippen LogP contribution in [0.2, 0.25) is 0 Å². The first-order valence-electron chi connectivity index (χ1n) is 5.58. The zero-order valence-corrected chi connectivity index (χ0v) is 10.5. The van der Waals surface area contributed by atoms with E-state index in [-0.39, 0.29) is 0 Å². The van der Waals surface area contributed by atoms with Crippen molar-refractivity contribution in [2.24, 2.45) is 0 Å². The second-order valence-corrected chi connectivity index (χ2v) is 4.05. The van der Waals surface area contributed by atoms with Gasteiger partial charge in [0.1, 0.15) is 0 Å². The molecule has 0 saturated heterocycles. The van der Waals surface area contributed by atoms with Crippen LogP contribution in [0.4, 0.5) is 0 Å². The zero-order valence-electron chi connectivity index (χ0n) is 10.5. The smallest absolute Gasteiger partial charge is 0.253 e. The van der Waals surface area contributed by atoms with Crippen LogP contribution in [0.3, 0.4) is 0 Å². The fourth-order valence-corrected chi connectivity index (χ4v) is 1.65. The molecular formula is C13H19NO3. The normalized spacial score (nSPS) is 12.2. The number of hydrogen-bond donors (Lipinski definition) is 2. The average molecular weight is 237 g/mol. The van der Waals surface area contributed by atoms with Crippen LogP contribution in [-0.2, 0) is 9.53 Å². The number of hydrogen-bond acceptors (Lipinski definition) is 3. The molecule has 0 bridgehead atoms. The van der Waals surface area contributed by atoms with Crippen molar-refractivity contribution in [3.8, 4) is 0 Å². The van der Waals surface area contributed by atoms with Gasteiger partial charge in [-0.05, 0) is 25.0 Å². The topological polar surface area (TPSA) is 58.6 Å². The number of ether oxygens (including phenoxy) is 1. The molecule has 0 saturated carbocycles. The first kappa shape index (κ1) is 13.7. The molecule has 0 aliphatic rings. The van der Waals surface area contributed by atoms with Crippen molar-refractivity contribution >= 4 is 5.91 Å². The van der Waals surface area contributed by atoms with Gasteiger partial charge in [0.05, 0.1) is 6.61 Å². The van der Waals surface area contributed by atoms with Crippen LogP contribution < -0.4 is 5.32 Å². The Balaban J connectivity index is 2.68. The number of carbonyl (C=O) groups excluding carboxylic acids is 1. The van der Waals surface area contributed by atoms with E-state index in [0.717, 1.165) is 11.1 Å². The molecule has 1 aromatic rings. The third-order valence-corrected chi connectivity index (χ3v) is 2.57. The summed E-state index contributed by atoms with van der Waals surface area (Å²) in [6.45, 7) is 4.69. The van der Waals surface area contributed by atoms with Crippen LogP contribution in [0.25, 0.3) is 0 Å². The molecule has 0 heterocycles. The highest BCUT2D eigenvalue weighted by Crippen LogP contribution is 2.18. The second kappa shape index (κ2) is 6.37. The van der Waals surface area contributed by atoms with E-state index < -0.39 is 12.0 Å². The Morgan fingerprint density at radius 2 is 2.18 bits per heavy atom. The van der Waals surface area contributed by atoms with E-state index in [1.807, 2.05) is 26.0 Å². The summed E-state index contributed by atoms with van der Waals surface area (Å²) >= 11 is 0. The largest absolute Gasteiger partial charge is 0.383 e. The summed E-state index contributed by atoms with van der Waals surface area (Å²) in [5, 5.41) is 12.5. The van der Waals surface area contributed by atoms with Gasteiger partial charge in [-0.2, -0.15) is 0 Å². The van der Waals surface area contributed by atoms with E-state index in [0.29, 0.717) is 18.7 Å². The fourth-order valence-electron chi connectivity index (χ4n) is 1.65. The van der Waals surface area contributed by atoms with Gasteiger partial charge in [-0.15, -0.1) is 0 Å². The maximum atomic E-state index is 11.6. The Morgan fingerprint density at radius 3 is 2.76 bits per heavy atom. The second-order valence-electron chi connectivity index (χ2n) is 4.05. The molecule has 1 rings (SSSR count). The number of aliphatic hydroxyl groups is 1. The van der Waals surface area contributed by atoms with E-state index in [9.17, 15) is 9.90 Å². The maximum Gasteiger partial charge on any atom is 0.253 e. The number of methoxy groups -OCH3 is 1. The quantitative estimate of drug-likeness (QED) is 0.754. The fraction of sp³-hybridized carbons (Fsp3) is 0.462. The van der Waals surface area contributed by atoms with Gasteiger partial charge in [-0.25, -0.2) is 0 Å². The minimum Gasteiger partial charge on any atom is -0.383 e. The minimum absolute atomic E-state index is 0.394. The molecule has 0 fully saturated rings. The number of nitrogens with one attached hydrogen (secondary N) is 1. The number of aliphatic hydroxyl groups excluding tert-OH is 1. The van der Waals surface area contributed by atoms with Gasteiger partial charge in [0, 0.05) is 13.7 Å². The van der Waals surface area contributed by atoms with E-state index in [2.05, 4.69) is 5.32 Å². The molecule has 1 aromatic carbocycles. The third-order valence-electron chi connectivity index (χ3n) is 2.57. The van der Waals surface area contributed by atoms with E-state index in [4.69, 9.17) is 4.74 Å². The van der Waals surface area contributed by atoms with Crippen LogP contribution in [0.15, 0.2) is 18.2 Å². The van der Waals surface area contributed by atoms with Crippen molar-refractivity contribution in [1.29, 1.82) is 0 Å². The lowest BCUT2D eigenvalue weighted by molar-refractivity contribution is -0.129. The molecule has 1 atom stereocenters. The first-order chi connectivity index (χ1) is 8.06. The van der Waals surface area contributed by atoms with Gasteiger partial charge < -0.3 is 15.2 Å². The van der Waals surface area contributed by atoms with E-state index >= 15 is 0 Å². The minimum atomic E-state index is -1.12. The highest BCUT2D eigenvalue weighted by atomic mass is 16.5. The van der Waals surface area contributed by atoms with Gasteiger partial charge in [-0.3, -0.25) is 4.79 Å². The Kier molecular flexibility index (Phi) is 5.12. The lowest BCUT2D eigenvalue weighted by atomic mass is 10.0. The first-order valence-corrected chi connectivity index (χ1v) is 5.58. The number of amides is 1. The summed E-state index contributed by atoms with van der Waals surface area (Å²) in [6.07, 6.45) is -1.12. The summed E-state index contributed by atoms with van der Waals surface area (Å²) in [5.41, 5.74) is 2.67. The number of rotatable bonds is 5. The SMILES string of the molecule is COCCNC(=O)C(O)c1ccc(C)cc1C. The van der Waals surface area contributed by atoms with Crippen molar-refractivity contribution in [1.82, 2.24) is 5.32 Å². The molecule has 0 radical (unpaired) electrons. The highest BCUT2D eigenvalue weighted by molar-refractivity contribution is 5.82. The summed E-state index contributed by atoms with van der Waals surface area (Å²) in [5.74, 6) is -0.394. The van der Waals surface area contributed by atoms with Crippen LogP contribution in [-0.4, -0.2) is 31.3 Å². The third kappa shape index (κ3) is 3.84. The Bertz CT molecular complexity index is 390. The van der Waals surface area contributed by atoms with Gasteiger partial charge in [0.25, 0.3) is 5.91 Å². The summed E-state index contributed by atoms with van der Waals surface area (Å²) in [6, 6.07) is 5.61. The highest BCUT2D eigenvalue weighted by Gasteiger charge is 2.18. The van der Waals surface area contributed by atoms with Gasteiger partial charge in [-0.1, -0.05) is 23.8 Å². The van der Waals surface area contributed by atoms with Crippen LogP contribution in [0.5, 0.6) is 0 Å². The average Bonchev–Trinajstić information content (AvgIpc) is 2.28. The van der Waals surface area contributed by atoms with Crippen molar-refractivity contribution in [3.05, 3.63) is 34.9 Å². The lowest BCUT2D eigenvalue weighted by Gasteiger charge is -2.14. The monoisotopic (exact) mass is 237 g/mol. The van der Waals surface area contributed by atoms with Crippen molar-refractivity contribution < 1.29 is 14.6 Å². The maximum absolute atomic E-state index is 11.6. The van der Waals surface area contributed by atoms with Crippen LogP contribution in [0, 0.1) is 13.8 Å². The van der Waals surface area contributed by atoms with E-state index in [1.54, 1.807) is 13.2 Å². The van der Waals surface area contributed by atoms with Crippen LogP contribution >= 0.6 is 0 Å². The number of benzene rings is 1. The molecule has 0 spiro atoms. The molecule has 17 heavy (non-hydrogen) atoms. The van der Waals surface area contributed by atoms with Gasteiger partial charge in [0.2, 0.25) is 0 Å². The Hall–Kier alpha value is -1.39. The molecule has 1 amide bonds. The summed E-state index contributed by atoms with van der Waals surface area (Å²) < 4.78 is 4.82. The molecule has 1 unspecified atom stereocenters. The van der Waals surface area contributed by atoms with Crippen molar-refractivity contribution in [2.45, 2.75) is 20.0 Å². The predicted molar refractivity (Wildman–Crippen MR) is 65.8 cm³/mol. The van der Waals surface area contributed by atoms with E-state index in [1.165, 1.54) is 0 Å². The zero-order chi connectivity index (χ0) is 12.8. The van der Waals surface area contributed by atoms with Crippen molar-refractivity contribution in [3.63, 3.8) is 0 Å². The Morgan fingerprint density at radius 1 is 1.47 bits per heavy atom. The van der Waals surface area contributed by atoms with Crippen LogP contribution in [0.1, 0.15) is 22.8 Å². The predicted octanol–water partition coefficient (Wildman–Crippen LogP) is 1.10. The van der Waals surface area contributed by atoms with Crippen molar-refractivity contribution in [2.75, 3.05) is 20.3 Å². The molecule has 0 aliphatic heterocycles. The molecule has 0 aromatic heterocycles. The lowest BCUT2D eigenvalue weighted by Crippen LogP contribution is -2.32. The molecule has 4 nitrogen and oxygen atoms in total. The summed E-state index contributed by atoms with van der Waals surface area (Å²) in [4.78, 5) is 11.6. The molecule has 2 N–H and O–H groups in total.